The number of nitrogens with zero attached hydrogens (tertiary/aromatic N) is 2. The van der Waals surface area contributed by atoms with Crippen LogP contribution in [0.3, 0.4) is 0 Å². The van der Waals surface area contributed by atoms with Gasteiger partial charge in [-0.2, -0.15) is 5.10 Å². The molecule has 2 rings (SSSR count). The van der Waals surface area contributed by atoms with Crippen molar-refractivity contribution >= 4 is 17.6 Å². The van der Waals surface area contributed by atoms with Crippen LogP contribution < -0.4 is 0 Å². The van der Waals surface area contributed by atoms with Crippen LogP contribution in [-0.4, -0.2) is 20.9 Å². The summed E-state index contributed by atoms with van der Waals surface area (Å²) in [5.74, 6) is -1.66. The zero-order chi connectivity index (χ0) is 15.1. The molecule has 1 aromatic heterocycles. The van der Waals surface area contributed by atoms with Crippen LogP contribution >= 0.6 is 11.6 Å². The Morgan fingerprint density at radius 2 is 2.00 bits per heavy atom. The molecular formula is C14H14ClFN2O2. The third-order valence-corrected chi connectivity index (χ3v) is 3.15. The Bertz CT molecular complexity index is 674. The second kappa shape index (κ2) is 4.90. The largest absolute Gasteiger partial charge is 0.476 e. The molecule has 0 bridgehead atoms. The smallest absolute Gasteiger partial charge is 0.357 e. The van der Waals surface area contributed by atoms with Crippen molar-refractivity contribution in [2.75, 3.05) is 0 Å². The fourth-order valence-corrected chi connectivity index (χ4v) is 2.00. The minimum atomic E-state index is -1.18. The summed E-state index contributed by atoms with van der Waals surface area (Å²) in [5, 5.41) is 13.6. The van der Waals surface area contributed by atoms with E-state index in [-0.39, 0.29) is 16.3 Å². The molecule has 20 heavy (non-hydrogen) atoms. The predicted octanol–water partition coefficient (Wildman–Crippen LogP) is 3.80. The van der Waals surface area contributed by atoms with E-state index in [0.29, 0.717) is 11.1 Å². The minimum absolute atomic E-state index is 0.146. The third kappa shape index (κ3) is 2.67. The van der Waals surface area contributed by atoms with Crippen LogP contribution in [0.5, 0.6) is 0 Å². The van der Waals surface area contributed by atoms with Gasteiger partial charge in [0.2, 0.25) is 0 Å². The lowest BCUT2D eigenvalue weighted by atomic mass is 10.1. The Morgan fingerprint density at radius 1 is 1.35 bits per heavy atom. The molecule has 2 aromatic rings. The SMILES string of the molecule is CC(C)(C)n1cc(-c2cc(F)ccc2Cl)c(C(=O)O)n1. The van der Waals surface area contributed by atoms with Gasteiger partial charge in [0.15, 0.2) is 5.69 Å². The lowest BCUT2D eigenvalue weighted by Crippen LogP contribution is -2.22. The lowest BCUT2D eigenvalue weighted by Gasteiger charge is -2.18. The Hall–Kier alpha value is -1.88. The van der Waals surface area contributed by atoms with Crippen LogP contribution in [0.4, 0.5) is 4.39 Å². The van der Waals surface area contributed by atoms with Crippen LogP contribution in [-0.2, 0) is 5.54 Å². The molecular weight excluding hydrogens is 283 g/mol. The fraction of sp³-hybridized carbons (Fsp3) is 0.286. The van der Waals surface area contributed by atoms with E-state index in [9.17, 15) is 14.3 Å². The standard InChI is InChI=1S/C14H14ClFN2O2/c1-14(2,3)18-7-10(12(17-18)13(19)20)9-6-8(16)4-5-11(9)15/h4-7H,1-3H3,(H,19,20). The van der Waals surface area contributed by atoms with Crippen molar-refractivity contribution in [3.05, 3.63) is 40.9 Å². The van der Waals surface area contributed by atoms with E-state index >= 15 is 0 Å². The number of carbonyl (C=O) groups is 1. The van der Waals surface area contributed by atoms with Gasteiger partial charge in [0.25, 0.3) is 0 Å². The number of rotatable bonds is 2. The van der Waals surface area contributed by atoms with Gasteiger partial charge < -0.3 is 5.11 Å². The van der Waals surface area contributed by atoms with E-state index in [0.717, 1.165) is 0 Å². The highest BCUT2D eigenvalue weighted by Gasteiger charge is 2.23. The number of aromatic carboxylic acids is 1. The van der Waals surface area contributed by atoms with Gasteiger partial charge in [0, 0.05) is 22.3 Å². The number of hydrogen-bond donors (Lipinski definition) is 1. The predicted molar refractivity (Wildman–Crippen MR) is 74.6 cm³/mol. The van der Waals surface area contributed by atoms with Crippen molar-refractivity contribution < 1.29 is 14.3 Å². The van der Waals surface area contributed by atoms with E-state index in [1.165, 1.54) is 22.9 Å². The number of benzene rings is 1. The van der Waals surface area contributed by atoms with Crippen molar-refractivity contribution in [1.29, 1.82) is 0 Å². The first-order valence-corrected chi connectivity index (χ1v) is 6.37. The Balaban J connectivity index is 2.69. The van der Waals surface area contributed by atoms with Gasteiger partial charge in [-0.25, -0.2) is 9.18 Å². The number of carboxylic acid groups (broad SMARTS) is 1. The van der Waals surface area contributed by atoms with E-state index in [2.05, 4.69) is 5.10 Å². The van der Waals surface area contributed by atoms with Crippen molar-refractivity contribution in [1.82, 2.24) is 9.78 Å². The van der Waals surface area contributed by atoms with Gasteiger partial charge in [-0.15, -0.1) is 0 Å². The summed E-state index contributed by atoms with van der Waals surface area (Å²) in [7, 11) is 0. The summed E-state index contributed by atoms with van der Waals surface area (Å²) in [6.45, 7) is 5.67. The van der Waals surface area contributed by atoms with E-state index in [4.69, 9.17) is 11.6 Å². The van der Waals surface area contributed by atoms with Gasteiger partial charge in [-0.1, -0.05) is 11.6 Å². The monoisotopic (exact) mass is 296 g/mol. The topological polar surface area (TPSA) is 55.1 Å². The van der Waals surface area contributed by atoms with E-state index in [1.54, 1.807) is 6.20 Å². The molecule has 1 N–H and O–H groups in total. The van der Waals surface area contributed by atoms with Crippen molar-refractivity contribution in [3.63, 3.8) is 0 Å². The van der Waals surface area contributed by atoms with Gasteiger partial charge >= 0.3 is 5.97 Å². The van der Waals surface area contributed by atoms with E-state index < -0.39 is 11.8 Å². The zero-order valence-electron chi connectivity index (χ0n) is 11.3. The zero-order valence-corrected chi connectivity index (χ0v) is 12.1. The maximum atomic E-state index is 13.4. The molecule has 0 amide bonds. The van der Waals surface area contributed by atoms with Crippen molar-refractivity contribution in [3.8, 4) is 11.1 Å². The fourth-order valence-electron chi connectivity index (χ4n) is 1.78. The quantitative estimate of drug-likeness (QED) is 0.917. The van der Waals surface area contributed by atoms with Gasteiger partial charge in [-0.05, 0) is 39.0 Å². The summed E-state index contributed by atoms with van der Waals surface area (Å²) in [5.41, 5.74) is 0.0892. The molecule has 1 heterocycles. The summed E-state index contributed by atoms with van der Waals surface area (Å²) >= 11 is 6.03. The van der Waals surface area contributed by atoms with Gasteiger partial charge in [0.05, 0.1) is 5.54 Å². The Morgan fingerprint density at radius 3 is 2.55 bits per heavy atom. The van der Waals surface area contributed by atoms with Gasteiger partial charge in [0.1, 0.15) is 5.82 Å². The highest BCUT2D eigenvalue weighted by Crippen LogP contribution is 2.32. The van der Waals surface area contributed by atoms with Crippen LogP contribution in [0.25, 0.3) is 11.1 Å². The molecule has 0 spiro atoms. The number of halogens is 2. The average molecular weight is 297 g/mol. The van der Waals surface area contributed by atoms with E-state index in [1.807, 2.05) is 20.8 Å². The second-order valence-electron chi connectivity index (χ2n) is 5.44. The number of carboxylic acids is 1. The molecule has 6 heteroatoms. The number of aromatic nitrogens is 2. The molecule has 0 saturated carbocycles. The maximum absolute atomic E-state index is 13.4. The van der Waals surface area contributed by atoms with Crippen LogP contribution in [0.1, 0.15) is 31.3 Å². The summed E-state index contributed by atoms with van der Waals surface area (Å²) < 4.78 is 14.9. The number of hydrogen-bond acceptors (Lipinski definition) is 2. The van der Waals surface area contributed by atoms with Crippen LogP contribution in [0.2, 0.25) is 5.02 Å². The van der Waals surface area contributed by atoms with Crippen LogP contribution in [0, 0.1) is 5.82 Å². The molecule has 0 aliphatic heterocycles. The first kappa shape index (κ1) is 14.5. The highest BCUT2D eigenvalue weighted by molar-refractivity contribution is 6.33. The summed E-state index contributed by atoms with van der Waals surface area (Å²) in [6.07, 6.45) is 1.57. The summed E-state index contributed by atoms with van der Waals surface area (Å²) in [6, 6.07) is 3.82. The average Bonchev–Trinajstić information content (AvgIpc) is 2.77. The first-order valence-electron chi connectivity index (χ1n) is 5.99. The second-order valence-corrected chi connectivity index (χ2v) is 5.84. The third-order valence-electron chi connectivity index (χ3n) is 2.82. The molecule has 0 aliphatic carbocycles. The molecule has 0 aliphatic rings. The molecule has 0 fully saturated rings. The molecule has 4 nitrogen and oxygen atoms in total. The summed E-state index contributed by atoms with van der Waals surface area (Å²) in [4.78, 5) is 11.3. The molecule has 106 valence electrons. The minimum Gasteiger partial charge on any atom is -0.476 e. The van der Waals surface area contributed by atoms with Crippen molar-refractivity contribution in [2.24, 2.45) is 0 Å². The normalized spacial score (nSPS) is 11.7. The molecule has 0 atom stereocenters. The maximum Gasteiger partial charge on any atom is 0.357 e. The van der Waals surface area contributed by atoms with Gasteiger partial charge in [-0.3, -0.25) is 4.68 Å². The van der Waals surface area contributed by atoms with Crippen molar-refractivity contribution in [2.45, 2.75) is 26.3 Å². The molecule has 0 unspecified atom stereocenters. The lowest BCUT2D eigenvalue weighted by molar-refractivity contribution is 0.0689. The molecule has 0 saturated heterocycles. The Kier molecular flexibility index (Phi) is 3.56. The first-order chi connectivity index (χ1) is 9.20. The Labute approximate surface area is 120 Å². The molecule has 1 aromatic carbocycles. The molecule has 0 radical (unpaired) electrons. The highest BCUT2D eigenvalue weighted by atomic mass is 35.5. The van der Waals surface area contributed by atoms with Crippen LogP contribution in [0.15, 0.2) is 24.4 Å².